The largest absolute Gasteiger partial charge is 0.490 e. The molecular formula is C21H30N2O3. The second kappa shape index (κ2) is 8.40. The quantitative estimate of drug-likeness (QED) is 0.876. The van der Waals surface area contributed by atoms with E-state index in [2.05, 4.69) is 10.2 Å². The number of ether oxygens (including phenoxy) is 2. The molecule has 1 aromatic carbocycles. The zero-order valence-electron chi connectivity index (χ0n) is 15.5. The number of piperidine rings is 1. The summed E-state index contributed by atoms with van der Waals surface area (Å²) in [5.41, 5.74) is 0.841. The van der Waals surface area contributed by atoms with Crippen molar-refractivity contribution >= 4 is 11.6 Å². The minimum Gasteiger partial charge on any atom is -0.490 e. The standard InChI is InChI=1S/C21H30N2O3/c24-21(16-10-14-25-15-11-16)22-17-4-6-19(7-5-17)26-20-8-12-23(13-9-20)18-2-1-3-18/h4-7,16,18,20H,1-3,8-15H2,(H,22,24). The Balaban J connectivity index is 1.23. The summed E-state index contributed by atoms with van der Waals surface area (Å²) in [5.74, 6) is 1.07. The Morgan fingerprint density at radius 1 is 1.00 bits per heavy atom. The van der Waals surface area contributed by atoms with Crippen molar-refractivity contribution in [3.05, 3.63) is 24.3 Å². The van der Waals surface area contributed by atoms with Crippen LogP contribution in [0.1, 0.15) is 44.9 Å². The van der Waals surface area contributed by atoms with Crippen molar-refractivity contribution in [2.45, 2.75) is 57.1 Å². The lowest BCUT2D eigenvalue weighted by atomic mass is 9.90. The van der Waals surface area contributed by atoms with Gasteiger partial charge in [0.15, 0.2) is 0 Å². The number of nitrogens with zero attached hydrogens (tertiary/aromatic N) is 1. The number of hydrogen-bond acceptors (Lipinski definition) is 4. The molecule has 1 amide bonds. The molecular weight excluding hydrogens is 328 g/mol. The molecule has 1 aromatic rings. The Bertz CT molecular complexity index is 586. The third-order valence-electron chi connectivity index (χ3n) is 6.08. The third-order valence-corrected chi connectivity index (χ3v) is 6.08. The molecule has 0 aromatic heterocycles. The Hall–Kier alpha value is -1.59. The highest BCUT2D eigenvalue weighted by Crippen LogP contribution is 2.29. The van der Waals surface area contributed by atoms with E-state index < -0.39 is 0 Å². The van der Waals surface area contributed by atoms with Crippen LogP contribution in [-0.2, 0) is 9.53 Å². The van der Waals surface area contributed by atoms with E-state index in [1.165, 1.54) is 19.3 Å². The zero-order chi connectivity index (χ0) is 17.8. The van der Waals surface area contributed by atoms with E-state index in [0.29, 0.717) is 19.3 Å². The maximum absolute atomic E-state index is 12.3. The number of hydrogen-bond donors (Lipinski definition) is 1. The van der Waals surface area contributed by atoms with Gasteiger partial charge in [0.25, 0.3) is 0 Å². The molecule has 1 saturated carbocycles. The first kappa shape index (κ1) is 17.8. The third kappa shape index (κ3) is 4.38. The Morgan fingerprint density at radius 2 is 1.69 bits per heavy atom. The minimum atomic E-state index is 0.0699. The summed E-state index contributed by atoms with van der Waals surface area (Å²) in [6.45, 7) is 3.69. The molecule has 2 saturated heterocycles. The molecule has 0 spiro atoms. The number of anilines is 1. The predicted molar refractivity (Wildman–Crippen MR) is 101 cm³/mol. The molecule has 5 heteroatoms. The Kier molecular flexibility index (Phi) is 5.75. The van der Waals surface area contributed by atoms with E-state index in [1.807, 2.05) is 24.3 Å². The molecule has 2 heterocycles. The summed E-state index contributed by atoms with van der Waals surface area (Å²) in [6, 6.07) is 8.66. The van der Waals surface area contributed by atoms with E-state index in [9.17, 15) is 4.79 Å². The van der Waals surface area contributed by atoms with E-state index in [0.717, 1.165) is 56.3 Å². The van der Waals surface area contributed by atoms with Crippen LogP contribution in [0.25, 0.3) is 0 Å². The second-order valence-electron chi connectivity index (χ2n) is 7.84. The maximum Gasteiger partial charge on any atom is 0.227 e. The normalized spacial score (nSPS) is 23.4. The Labute approximate surface area is 156 Å². The first-order valence-electron chi connectivity index (χ1n) is 10.2. The molecule has 0 unspecified atom stereocenters. The maximum atomic E-state index is 12.3. The Morgan fingerprint density at radius 3 is 2.31 bits per heavy atom. The van der Waals surface area contributed by atoms with Crippen LogP contribution in [-0.4, -0.2) is 49.3 Å². The molecule has 5 nitrogen and oxygen atoms in total. The second-order valence-corrected chi connectivity index (χ2v) is 7.84. The van der Waals surface area contributed by atoms with Gasteiger partial charge in [-0.2, -0.15) is 0 Å². The van der Waals surface area contributed by atoms with Gasteiger partial charge >= 0.3 is 0 Å². The number of rotatable bonds is 5. The monoisotopic (exact) mass is 358 g/mol. The van der Waals surface area contributed by atoms with Gasteiger partial charge in [-0.05, 0) is 62.8 Å². The number of benzene rings is 1. The number of nitrogens with one attached hydrogen (secondary N) is 1. The van der Waals surface area contributed by atoms with Crippen molar-refractivity contribution in [2.24, 2.45) is 5.92 Å². The van der Waals surface area contributed by atoms with Crippen LogP contribution in [0.2, 0.25) is 0 Å². The van der Waals surface area contributed by atoms with Gasteiger partial charge in [-0.3, -0.25) is 4.79 Å². The van der Waals surface area contributed by atoms with Gasteiger partial charge in [0.2, 0.25) is 5.91 Å². The van der Waals surface area contributed by atoms with Crippen LogP contribution < -0.4 is 10.1 Å². The lowest BCUT2D eigenvalue weighted by molar-refractivity contribution is -0.122. The van der Waals surface area contributed by atoms with Crippen LogP contribution in [0.4, 0.5) is 5.69 Å². The van der Waals surface area contributed by atoms with E-state index in [1.54, 1.807) is 0 Å². The summed E-state index contributed by atoms with van der Waals surface area (Å²) in [6.07, 6.45) is 8.32. The summed E-state index contributed by atoms with van der Waals surface area (Å²) >= 11 is 0. The van der Waals surface area contributed by atoms with Gasteiger partial charge in [-0.15, -0.1) is 0 Å². The van der Waals surface area contributed by atoms with Gasteiger partial charge in [0, 0.05) is 44.0 Å². The summed E-state index contributed by atoms with van der Waals surface area (Å²) in [5, 5.41) is 3.02. The fourth-order valence-electron chi connectivity index (χ4n) is 4.12. The van der Waals surface area contributed by atoms with Gasteiger partial charge in [0.05, 0.1) is 0 Å². The molecule has 1 aliphatic carbocycles. The molecule has 3 fully saturated rings. The molecule has 0 radical (unpaired) electrons. The van der Waals surface area contributed by atoms with Crippen LogP contribution in [0.5, 0.6) is 5.75 Å². The fourth-order valence-corrected chi connectivity index (χ4v) is 4.12. The average molecular weight is 358 g/mol. The topological polar surface area (TPSA) is 50.8 Å². The first-order chi connectivity index (χ1) is 12.8. The predicted octanol–water partition coefficient (Wildman–Crippen LogP) is 3.45. The van der Waals surface area contributed by atoms with E-state index >= 15 is 0 Å². The smallest absolute Gasteiger partial charge is 0.227 e. The highest BCUT2D eigenvalue weighted by molar-refractivity contribution is 5.92. The summed E-state index contributed by atoms with van der Waals surface area (Å²) in [7, 11) is 0. The van der Waals surface area contributed by atoms with Crippen molar-refractivity contribution in [3.8, 4) is 5.75 Å². The minimum absolute atomic E-state index is 0.0699. The van der Waals surface area contributed by atoms with Crippen LogP contribution in [0, 0.1) is 5.92 Å². The highest BCUT2D eigenvalue weighted by Gasteiger charge is 2.29. The molecule has 0 bridgehead atoms. The number of carbonyl (C=O) groups is 1. The number of likely N-dealkylation sites (tertiary alicyclic amines) is 1. The van der Waals surface area contributed by atoms with E-state index in [-0.39, 0.29) is 11.8 Å². The van der Waals surface area contributed by atoms with Gasteiger partial charge < -0.3 is 19.7 Å². The molecule has 26 heavy (non-hydrogen) atoms. The van der Waals surface area contributed by atoms with Crippen LogP contribution in [0.3, 0.4) is 0 Å². The summed E-state index contributed by atoms with van der Waals surface area (Å²) in [4.78, 5) is 14.9. The highest BCUT2D eigenvalue weighted by atomic mass is 16.5. The first-order valence-corrected chi connectivity index (χ1v) is 10.2. The zero-order valence-corrected chi connectivity index (χ0v) is 15.5. The van der Waals surface area contributed by atoms with Gasteiger partial charge in [0.1, 0.15) is 11.9 Å². The average Bonchev–Trinajstić information content (AvgIpc) is 2.64. The number of carbonyl (C=O) groups excluding carboxylic acids is 1. The van der Waals surface area contributed by atoms with Crippen molar-refractivity contribution < 1.29 is 14.3 Å². The van der Waals surface area contributed by atoms with Crippen LogP contribution >= 0.6 is 0 Å². The van der Waals surface area contributed by atoms with Crippen LogP contribution in [0.15, 0.2) is 24.3 Å². The van der Waals surface area contributed by atoms with Crippen molar-refractivity contribution in [1.29, 1.82) is 0 Å². The summed E-state index contributed by atoms with van der Waals surface area (Å²) < 4.78 is 11.5. The lowest BCUT2D eigenvalue weighted by Gasteiger charge is -2.41. The van der Waals surface area contributed by atoms with E-state index in [4.69, 9.17) is 9.47 Å². The van der Waals surface area contributed by atoms with Crippen molar-refractivity contribution in [2.75, 3.05) is 31.6 Å². The van der Waals surface area contributed by atoms with Gasteiger partial charge in [-0.25, -0.2) is 0 Å². The van der Waals surface area contributed by atoms with Crippen molar-refractivity contribution in [3.63, 3.8) is 0 Å². The molecule has 3 aliphatic rings. The molecule has 142 valence electrons. The fraction of sp³-hybridized carbons (Fsp3) is 0.667. The molecule has 1 N–H and O–H groups in total. The van der Waals surface area contributed by atoms with Crippen molar-refractivity contribution in [1.82, 2.24) is 4.90 Å². The SMILES string of the molecule is O=C(Nc1ccc(OC2CCN(C3CCC3)CC2)cc1)C1CCOCC1. The molecule has 0 atom stereocenters. The number of amides is 1. The lowest BCUT2D eigenvalue weighted by Crippen LogP contribution is -2.46. The van der Waals surface area contributed by atoms with Gasteiger partial charge in [-0.1, -0.05) is 6.42 Å². The molecule has 2 aliphatic heterocycles. The molecule has 4 rings (SSSR count).